The number of alkyl carbamates (subject to hydrolysis) is 1. The van der Waals surface area contributed by atoms with Gasteiger partial charge in [0.25, 0.3) is 0 Å². The van der Waals surface area contributed by atoms with Gasteiger partial charge in [-0.1, -0.05) is 52.9 Å². The summed E-state index contributed by atoms with van der Waals surface area (Å²) in [4.78, 5) is 24.3. The van der Waals surface area contributed by atoms with Crippen molar-refractivity contribution in [3.63, 3.8) is 0 Å². The molecule has 0 saturated heterocycles. The van der Waals surface area contributed by atoms with E-state index in [0.29, 0.717) is 26.1 Å². The minimum Gasteiger partial charge on any atom is -0.464 e. The van der Waals surface area contributed by atoms with Gasteiger partial charge in [0.05, 0.1) is 13.2 Å². The maximum absolute atomic E-state index is 12.4. The zero-order valence-corrected chi connectivity index (χ0v) is 14.3. The summed E-state index contributed by atoms with van der Waals surface area (Å²) in [5.41, 5.74) is -0.876. The van der Waals surface area contributed by atoms with E-state index < -0.39 is 11.6 Å². The molecule has 0 unspecified atom stereocenters. The van der Waals surface area contributed by atoms with Crippen molar-refractivity contribution in [1.82, 2.24) is 5.32 Å². The lowest BCUT2D eigenvalue weighted by Crippen LogP contribution is -2.53. The minimum atomic E-state index is -0.876. The van der Waals surface area contributed by atoms with Gasteiger partial charge in [-0.15, -0.1) is 0 Å². The topological polar surface area (TPSA) is 64.6 Å². The van der Waals surface area contributed by atoms with E-state index in [4.69, 9.17) is 9.47 Å². The Labute approximate surface area is 134 Å². The Morgan fingerprint density at radius 1 is 1.09 bits per heavy atom. The summed E-state index contributed by atoms with van der Waals surface area (Å²) in [6.45, 7) is 6.88. The first-order valence-corrected chi connectivity index (χ1v) is 8.62. The lowest BCUT2D eigenvalue weighted by molar-refractivity contribution is -0.151. The lowest BCUT2D eigenvalue weighted by atomic mass is 9.98. The molecule has 1 aliphatic carbocycles. The average molecular weight is 313 g/mol. The van der Waals surface area contributed by atoms with Gasteiger partial charge in [-0.3, -0.25) is 0 Å². The molecule has 1 aliphatic rings. The van der Waals surface area contributed by atoms with Crippen LogP contribution in [0, 0.1) is 5.92 Å². The molecule has 22 heavy (non-hydrogen) atoms. The lowest BCUT2D eigenvalue weighted by Gasteiger charge is -2.27. The fourth-order valence-corrected chi connectivity index (χ4v) is 2.66. The van der Waals surface area contributed by atoms with Crippen LogP contribution in [0.5, 0.6) is 0 Å². The van der Waals surface area contributed by atoms with Crippen LogP contribution in [0.15, 0.2) is 0 Å². The van der Waals surface area contributed by atoms with Gasteiger partial charge < -0.3 is 14.8 Å². The molecule has 0 atom stereocenters. The molecule has 5 heteroatoms. The largest absolute Gasteiger partial charge is 0.464 e. The Kier molecular flexibility index (Phi) is 8.28. The number of amides is 1. The molecule has 0 aromatic heterocycles. The summed E-state index contributed by atoms with van der Waals surface area (Å²) < 4.78 is 10.5. The fraction of sp³-hybridized carbons (Fsp3) is 0.882. The van der Waals surface area contributed by atoms with Gasteiger partial charge in [-0.25, -0.2) is 9.59 Å². The van der Waals surface area contributed by atoms with Crippen molar-refractivity contribution in [2.75, 3.05) is 13.2 Å². The summed E-state index contributed by atoms with van der Waals surface area (Å²) in [5, 5.41) is 2.76. The Balaban J connectivity index is 2.44. The molecule has 0 spiro atoms. The quantitative estimate of drug-likeness (QED) is 0.519. The van der Waals surface area contributed by atoms with Gasteiger partial charge in [-0.2, -0.15) is 0 Å². The van der Waals surface area contributed by atoms with Gasteiger partial charge in [0, 0.05) is 0 Å². The Bertz CT molecular complexity index is 349. The summed E-state index contributed by atoms with van der Waals surface area (Å²) in [5.74, 6) is -0.0289. The Morgan fingerprint density at radius 2 is 1.77 bits per heavy atom. The monoisotopic (exact) mass is 313 g/mol. The van der Waals surface area contributed by atoms with E-state index >= 15 is 0 Å². The van der Waals surface area contributed by atoms with Gasteiger partial charge >= 0.3 is 12.1 Å². The number of ether oxygens (including phenoxy) is 2. The third kappa shape index (κ3) is 6.24. The van der Waals surface area contributed by atoms with E-state index in [1.807, 2.05) is 13.8 Å². The molecule has 1 amide bonds. The maximum Gasteiger partial charge on any atom is 0.408 e. The first kappa shape index (κ1) is 18.8. The van der Waals surface area contributed by atoms with Crippen molar-refractivity contribution in [2.24, 2.45) is 5.92 Å². The second-order valence-corrected chi connectivity index (χ2v) is 6.60. The Morgan fingerprint density at radius 3 is 2.36 bits per heavy atom. The van der Waals surface area contributed by atoms with Crippen molar-refractivity contribution in [3.05, 3.63) is 0 Å². The van der Waals surface area contributed by atoms with Crippen LogP contribution in [0.25, 0.3) is 0 Å². The molecule has 1 fully saturated rings. The maximum atomic E-state index is 12.4. The van der Waals surface area contributed by atoms with Crippen molar-refractivity contribution in [3.8, 4) is 0 Å². The molecule has 1 saturated carbocycles. The zero-order chi connectivity index (χ0) is 16.4. The number of carbonyl (C=O) groups is 2. The van der Waals surface area contributed by atoms with Gasteiger partial charge in [0.1, 0.15) is 5.54 Å². The van der Waals surface area contributed by atoms with Gasteiger partial charge in [0.15, 0.2) is 0 Å². The van der Waals surface area contributed by atoms with Crippen LogP contribution in [0.3, 0.4) is 0 Å². The Hall–Kier alpha value is -1.26. The SMILES string of the molecule is CCCCCCOC(=O)C1(NC(=O)OCC(C)C)CCCC1. The standard InChI is InChI=1S/C17H31NO4/c1-4-5-6-9-12-21-15(19)17(10-7-8-11-17)18-16(20)22-13-14(2)3/h14H,4-13H2,1-3H3,(H,18,20). The molecule has 0 bridgehead atoms. The average Bonchev–Trinajstić information content (AvgIpc) is 2.94. The van der Waals surface area contributed by atoms with Gasteiger partial charge in [0.2, 0.25) is 0 Å². The highest BCUT2D eigenvalue weighted by molar-refractivity contribution is 5.86. The van der Waals surface area contributed by atoms with E-state index in [0.717, 1.165) is 38.5 Å². The summed E-state index contributed by atoms with van der Waals surface area (Å²) >= 11 is 0. The second-order valence-electron chi connectivity index (χ2n) is 6.60. The minimum absolute atomic E-state index is 0.274. The summed E-state index contributed by atoms with van der Waals surface area (Å²) in [6, 6.07) is 0. The highest BCUT2D eigenvalue weighted by atomic mass is 16.6. The van der Waals surface area contributed by atoms with Crippen LogP contribution in [-0.4, -0.2) is 30.8 Å². The van der Waals surface area contributed by atoms with Gasteiger partial charge in [-0.05, 0) is 25.2 Å². The van der Waals surface area contributed by atoms with Crippen LogP contribution in [-0.2, 0) is 14.3 Å². The van der Waals surface area contributed by atoms with E-state index in [1.54, 1.807) is 0 Å². The van der Waals surface area contributed by atoms with E-state index in [1.165, 1.54) is 0 Å². The van der Waals surface area contributed by atoms with E-state index in [-0.39, 0.29) is 11.9 Å². The normalized spacial score (nSPS) is 16.5. The number of unbranched alkanes of at least 4 members (excludes halogenated alkanes) is 3. The van der Waals surface area contributed by atoms with Crippen molar-refractivity contribution in [2.45, 2.75) is 77.7 Å². The van der Waals surface area contributed by atoms with Crippen LogP contribution in [0.1, 0.15) is 72.1 Å². The number of hydrogen-bond donors (Lipinski definition) is 1. The van der Waals surface area contributed by atoms with Crippen molar-refractivity contribution >= 4 is 12.1 Å². The molecule has 0 heterocycles. The first-order valence-electron chi connectivity index (χ1n) is 8.62. The second kappa shape index (κ2) is 9.70. The highest BCUT2D eigenvalue weighted by Crippen LogP contribution is 2.31. The molecule has 0 aliphatic heterocycles. The number of nitrogens with one attached hydrogen (secondary N) is 1. The first-order chi connectivity index (χ1) is 10.5. The van der Waals surface area contributed by atoms with E-state index in [9.17, 15) is 9.59 Å². The number of carbonyl (C=O) groups excluding carboxylic acids is 2. The molecule has 0 aromatic carbocycles. The van der Waals surface area contributed by atoms with E-state index in [2.05, 4.69) is 12.2 Å². The smallest absolute Gasteiger partial charge is 0.408 e. The molecule has 1 N–H and O–H groups in total. The molecule has 1 rings (SSSR count). The molecule has 0 aromatic rings. The van der Waals surface area contributed by atoms with Crippen LogP contribution in [0.4, 0.5) is 4.79 Å². The van der Waals surface area contributed by atoms with Crippen LogP contribution < -0.4 is 5.32 Å². The highest BCUT2D eigenvalue weighted by Gasteiger charge is 2.44. The number of hydrogen-bond acceptors (Lipinski definition) is 4. The van der Waals surface area contributed by atoms with Crippen LogP contribution in [0.2, 0.25) is 0 Å². The molecular weight excluding hydrogens is 282 g/mol. The molecule has 5 nitrogen and oxygen atoms in total. The number of esters is 1. The molecule has 0 radical (unpaired) electrons. The summed E-state index contributed by atoms with van der Waals surface area (Å²) in [7, 11) is 0. The third-order valence-electron chi connectivity index (χ3n) is 3.97. The van der Waals surface area contributed by atoms with Crippen molar-refractivity contribution < 1.29 is 19.1 Å². The summed E-state index contributed by atoms with van der Waals surface area (Å²) in [6.07, 6.45) is 6.87. The zero-order valence-electron chi connectivity index (χ0n) is 14.3. The van der Waals surface area contributed by atoms with Crippen molar-refractivity contribution in [1.29, 1.82) is 0 Å². The predicted molar refractivity (Wildman–Crippen MR) is 85.6 cm³/mol. The molecular formula is C17H31NO4. The predicted octanol–water partition coefficient (Wildman–Crippen LogP) is 3.80. The van der Waals surface area contributed by atoms with Crippen LogP contribution >= 0.6 is 0 Å². The third-order valence-corrected chi connectivity index (χ3v) is 3.97. The fourth-order valence-electron chi connectivity index (χ4n) is 2.66. The molecule has 128 valence electrons. The number of rotatable bonds is 9.